The largest absolute Gasteiger partial charge is 0.456 e. The predicted molar refractivity (Wildman–Crippen MR) is 98.7 cm³/mol. The van der Waals surface area contributed by atoms with E-state index in [9.17, 15) is 14.4 Å². The van der Waals surface area contributed by atoms with Crippen molar-refractivity contribution in [2.24, 2.45) is 5.92 Å². The summed E-state index contributed by atoms with van der Waals surface area (Å²) in [5, 5.41) is 3.96. The van der Waals surface area contributed by atoms with Gasteiger partial charge in [0.25, 0.3) is 0 Å². The zero-order valence-corrected chi connectivity index (χ0v) is 17.0. The zero-order valence-electron chi connectivity index (χ0n) is 17.0. The van der Waals surface area contributed by atoms with Gasteiger partial charge in [0.05, 0.1) is 0 Å². The van der Waals surface area contributed by atoms with Gasteiger partial charge in [-0.25, -0.2) is 18.9 Å². The number of hydrogen-bond donors (Lipinski definition) is 0. The Morgan fingerprint density at radius 2 is 1.90 bits per heavy atom. The molecule has 2 saturated carbocycles. The molecule has 2 aromatic rings. The van der Waals surface area contributed by atoms with E-state index in [1.54, 1.807) is 6.92 Å². The van der Waals surface area contributed by atoms with Gasteiger partial charge in [0.1, 0.15) is 24.4 Å². The summed E-state index contributed by atoms with van der Waals surface area (Å²) in [6, 6.07) is 0. The van der Waals surface area contributed by atoms with E-state index in [4.69, 9.17) is 14.2 Å². The number of nitrogens with zero attached hydrogens (tertiary/aromatic N) is 5. The van der Waals surface area contributed by atoms with Crippen molar-refractivity contribution in [2.75, 3.05) is 0 Å². The fraction of sp³-hybridized carbons (Fsp3) is 0.579. The van der Waals surface area contributed by atoms with Crippen molar-refractivity contribution in [1.29, 1.82) is 0 Å². The Morgan fingerprint density at radius 1 is 1.23 bits per heavy atom. The van der Waals surface area contributed by atoms with Gasteiger partial charge in [-0.3, -0.25) is 14.2 Å². The number of halogens is 1. The summed E-state index contributed by atoms with van der Waals surface area (Å²) in [5.41, 5.74) is -2.95. The van der Waals surface area contributed by atoms with E-state index in [2.05, 4.69) is 15.1 Å². The molecule has 31 heavy (non-hydrogen) atoms. The number of aromatic nitrogens is 5. The van der Waals surface area contributed by atoms with Gasteiger partial charge in [-0.15, -0.1) is 0 Å². The molecule has 3 aliphatic rings. The van der Waals surface area contributed by atoms with Crippen LogP contribution in [-0.4, -0.2) is 59.7 Å². The molecular formula is C19H20FN5O6. The number of carbonyl (C=O) groups excluding carboxylic acids is 2. The molecule has 0 radical (unpaired) electrons. The van der Waals surface area contributed by atoms with Crippen molar-refractivity contribution < 1.29 is 28.2 Å². The molecular weight excluding hydrogens is 413 g/mol. The number of alkyl halides is 1. The first kappa shape index (κ1) is 19.8. The number of hydrogen-bond acceptors (Lipinski definition) is 9. The van der Waals surface area contributed by atoms with Crippen molar-refractivity contribution >= 4 is 11.9 Å². The summed E-state index contributed by atoms with van der Waals surface area (Å²) >= 11 is 0. The lowest BCUT2D eigenvalue weighted by molar-refractivity contribution is -0.180. The Kier molecular flexibility index (Phi) is 4.10. The smallest absolute Gasteiger partial charge is 0.351 e. The molecule has 1 saturated heterocycles. The maximum atomic E-state index is 15.9. The van der Waals surface area contributed by atoms with E-state index in [0.29, 0.717) is 12.0 Å². The monoisotopic (exact) mass is 433 g/mol. The Hall–Kier alpha value is -3.15. The second-order valence-corrected chi connectivity index (χ2v) is 8.29. The number of fused-ring (bicyclic) bond motifs is 3. The molecule has 2 aromatic heterocycles. The van der Waals surface area contributed by atoms with Crippen LogP contribution in [0.4, 0.5) is 4.39 Å². The summed E-state index contributed by atoms with van der Waals surface area (Å²) in [5.74, 6) is -1.14. The van der Waals surface area contributed by atoms with Gasteiger partial charge in [0.2, 0.25) is 0 Å². The van der Waals surface area contributed by atoms with Crippen LogP contribution in [0.5, 0.6) is 0 Å². The number of aryl methyl sites for hydroxylation is 1. The van der Waals surface area contributed by atoms with Crippen LogP contribution in [0, 0.1) is 12.8 Å². The van der Waals surface area contributed by atoms with E-state index in [1.807, 2.05) is 0 Å². The zero-order chi connectivity index (χ0) is 22.1. The fourth-order valence-corrected chi connectivity index (χ4v) is 5.10. The number of rotatable bonds is 4. The molecule has 1 aliphatic heterocycles. The van der Waals surface area contributed by atoms with Crippen molar-refractivity contribution in [3.8, 4) is 5.82 Å². The highest BCUT2D eigenvalue weighted by molar-refractivity contribution is 5.69. The van der Waals surface area contributed by atoms with Crippen molar-refractivity contribution in [2.45, 2.75) is 63.3 Å². The third-order valence-electron chi connectivity index (χ3n) is 6.23. The molecule has 0 spiro atoms. The van der Waals surface area contributed by atoms with E-state index in [-0.39, 0.29) is 18.2 Å². The highest BCUT2D eigenvalue weighted by Gasteiger charge is 2.83. The number of esters is 2. The lowest BCUT2D eigenvalue weighted by Crippen LogP contribution is -2.51. The molecule has 3 fully saturated rings. The van der Waals surface area contributed by atoms with Gasteiger partial charge in [0, 0.05) is 31.5 Å². The molecule has 3 heterocycles. The average Bonchev–Trinajstić information content (AvgIpc) is 3.02. The van der Waals surface area contributed by atoms with Gasteiger partial charge >= 0.3 is 17.6 Å². The topological polar surface area (TPSA) is 127 Å². The van der Waals surface area contributed by atoms with Crippen LogP contribution in [0.15, 0.2) is 23.6 Å². The molecule has 11 nitrogen and oxygen atoms in total. The normalized spacial score (nSPS) is 35.4. The van der Waals surface area contributed by atoms with Crippen LogP contribution in [0.25, 0.3) is 5.82 Å². The lowest BCUT2D eigenvalue weighted by atomic mass is 9.90. The maximum absolute atomic E-state index is 15.9. The molecule has 5 rings (SSSR count). The molecule has 6 atom stereocenters. The van der Waals surface area contributed by atoms with E-state index in [1.165, 1.54) is 37.4 Å². The van der Waals surface area contributed by atoms with E-state index >= 15 is 4.39 Å². The first-order valence-electron chi connectivity index (χ1n) is 9.81. The van der Waals surface area contributed by atoms with Gasteiger partial charge < -0.3 is 14.2 Å². The Bertz CT molecular complexity index is 1140. The standard InChI is InChI=1S/C19H20FN5O6/c1-9-6-24(17(28)23-14(9)25-8-21-7-22-25)15-13(20)19(31-11(3)27)5-12-4-18(12,16(19)29-15)30-10(2)26/h6-8,12-13,15-16H,4-5H2,1-3H3/t12-,13+,15?,16+,18+,19-/m0/s1. The Morgan fingerprint density at radius 3 is 2.55 bits per heavy atom. The summed E-state index contributed by atoms with van der Waals surface area (Å²) in [6.07, 6.45) is 0.431. The molecule has 2 aliphatic carbocycles. The SMILES string of the molecule is CC(=O)O[C@]12C[C@H]1C[C@@]1(OC(C)=O)[C@@H]2OC(n2cc(C)c(-n3cncn3)nc2=O)[C@H]1F. The summed E-state index contributed by atoms with van der Waals surface area (Å²) < 4.78 is 35.2. The fourth-order valence-electron chi connectivity index (χ4n) is 5.10. The van der Waals surface area contributed by atoms with Crippen LogP contribution in [0.2, 0.25) is 0 Å². The Labute approximate surface area is 175 Å². The molecule has 0 aromatic carbocycles. The van der Waals surface area contributed by atoms with Crippen LogP contribution < -0.4 is 5.69 Å². The molecule has 0 N–H and O–H groups in total. The van der Waals surface area contributed by atoms with E-state index < -0.39 is 47.3 Å². The van der Waals surface area contributed by atoms with Crippen LogP contribution in [-0.2, 0) is 23.8 Å². The van der Waals surface area contributed by atoms with Gasteiger partial charge in [-0.2, -0.15) is 10.1 Å². The lowest BCUT2D eigenvalue weighted by Gasteiger charge is -2.33. The second kappa shape index (κ2) is 6.42. The number of carbonyl (C=O) groups is 2. The van der Waals surface area contributed by atoms with Gasteiger partial charge in [-0.05, 0) is 19.8 Å². The van der Waals surface area contributed by atoms with Crippen LogP contribution in [0.3, 0.4) is 0 Å². The minimum absolute atomic E-state index is 0.139. The minimum atomic E-state index is -1.86. The third kappa shape index (κ3) is 2.74. The quantitative estimate of drug-likeness (QED) is 0.629. The minimum Gasteiger partial charge on any atom is -0.456 e. The molecule has 164 valence electrons. The third-order valence-corrected chi connectivity index (χ3v) is 6.23. The van der Waals surface area contributed by atoms with Crippen molar-refractivity contribution in [3.63, 3.8) is 0 Å². The van der Waals surface area contributed by atoms with Gasteiger partial charge in [0.15, 0.2) is 23.8 Å². The highest BCUT2D eigenvalue weighted by atomic mass is 19.1. The van der Waals surface area contributed by atoms with Crippen LogP contribution in [0.1, 0.15) is 38.5 Å². The molecule has 0 bridgehead atoms. The molecule has 1 unspecified atom stereocenters. The predicted octanol–water partition coefficient (Wildman–Crippen LogP) is 0.395. The Balaban J connectivity index is 1.55. The number of ether oxygens (including phenoxy) is 3. The summed E-state index contributed by atoms with van der Waals surface area (Å²) in [6.45, 7) is 4.12. The highest BCUT2D eigenvalue weighted by Crippen LogP contribution is 2.68. The average molecular weight is 433 g/mol. The summed E-state index contributed by atoms with van der Waals surface area (Å²) in [4.78, 5) is 44.1. The van der Waals surface area contributed by atoms with E-state index in [0.717, 1.165) is 4.57 Å². The second-order valence-electron chi connectivity index (χ2n) is 8.29. The van der Waals surface area contributed by atoms with Crippen LogP contribution >= 0.6 is 0 Å². The summed E-state index contributed by atoms with van der Waals surface area (Å²) in [7, 11) is 0. The maximum Gasteiger partial charge on any atom is 0.351 e. The van der Waals surface area contributed by atoms with Gasteiger partial charge in [-0.1, -0.05) is 0 Å². The van der Waals surface area contributed by atoms with Crippen molar-refractivity contribution in [3.05, 3.63) is 34.9 Å². The molecule has 12 heteroatoms. The van der Waals surface area contributed by atoms with Crippen molar-refractivity contribution in [1.82, 2.24) is 24.3 Å². The molecule has 0 amide bonds. The first-order chi connectivity index (χ1) is 14.7. The first-order valence-corrected chi connectivity index (χ1v) is 9.81.